The Bertz CT molecular complexity index is 975. The van der Waals surface area contributed by atoms with Crippen molar-refractivity contribution in [2.45, 2.75) is 23.8 Å². The van der Waals surface area contributed by atoms with Gasteiger partial charge in [-0.05, 0) is 60.9 Å². The molecule has 1 aliphatic rings. The number of hydrogen-bond donors (Lipinski definition) is 1. The van der Waals surface area contributed by atoms with E-state index in [-0.39, 0.29) is 5.91 Å². The van der Waals surface area contributed by atoms with Crippen LogP contribution >= 0.6 is 11.8 Å². The summed E-state index contributed by atoms with van der Waals surface area (Å²) in [4.78, 5) is 16.7. The van der Waals surface area contributed by atoms with E-state index in [0.29, 0.717) is 22.3 Å². The lowest BCUT2D eigenvalue weighted by atomic mass is 10.2. The molecule has 0 saturated carbocycles. The number of benzene rings is 2. The molecule has 5 nitrogen and oxygen atoms in total. The molecule has 0 atom stereocenters. The van der Waals surface area contributed by atoms with Crippen molar-refractivity contribution < 1.29 is 14.3 Å². The molecular formula is C24H24N2O3S. The van der Waals surface area contributed by atoms with Crippen LogP contribution in [0.1, 0.15) is 28.8 Å². The van der Waals surface area contributed by atoms with Crippen molar-refractivity contribution in [2.24, 2.45) is 0 Å². The lowest BCUT2D eigenvalue weighted by molar-refractivity contribution is 0.1000. The molecule has 3 aromatic rings. The third-order valence-corrected chi connectivity index (χ3v) is 6.26. The summed E-state index contributed by atoms with van der Waals surface area (Å²) in [6.07, 6.45) is 5.55. The SMILES string of the molecule is O=C(Nc1cccc(CSC2CCOCC2)c1)c1cccc(Oc2ccncc2)c1. The molecule has 0 spiro atoms. The number of carbonyl (C=O) groups excluding carboxylic acids is 1. The first-order valence-electron chi connectivity index (χ1n) is 10.0. The quantitative estimate of drug-likeness (QED) is 0.544. The van der Waals surface area contributed by atoms with Crippen molar-refractivity contribution in [3.8, 4) is 11.5 Å². The number of ether oxygens (including phenoxy) is 2. The highest BCUT2D eigenvalue weighted by molar-refractivity contribution is 7.99. The summed E-state index contributed by atoms with van der Waals surface area (Å²) in [6, 6.07) is 18.7. The molecule has 0 radical (unpaired) electrons. The van der Waals surface area contributed by atoms with E-state index >= 15 is 0 Å². The zero-order chi connectivity index (χ0) is 20.6. The number of nitrogens with zero attached hydrogens (tertiary/aromatic N) is 1. The Morgan fingerprint density at radius 1 is 1.03 bits per heavy atom. The monoisotopic (exact) mass is 420 g/mol. The van der Waals surface area contributed by atoms with Gasteiger partial charge in [0.2, 0.25) is 0 Å². The van der Waals surface area contributed by atoms with Gasteiger partial charge in [-0.15, -0.1) is 0 Å². The van der Waals surface area contributed by atoms with Crippen molar-refractivity contribution >= 4 is 23.4 Å². The van der Waals surface area contributed by atoms with E-state index in [9.17, 15) is 4.79 Å². The molecule has 0 aliphatic carbocycles. The molecule has 1 saturated heterocycles. The number of nitrogens with one attached hydrogen (secondary N) is 1. The first-order chi connectivity index (χ1) is 14.8. The number of amides is 1. The van der Waals surface area contributed by atoms with Gasteiger partial charge in [0.25, 0.3) is 5.91 Å². The predicted molar refractivity (Wildman–Crippen MR) is 120 cm³/mol. The van der Waals surface area contributed by atoms with Gasteiger partial charge in [0, 0.05) is 47.9 Å². The van der Waals surface area contributed by atoms with Gasteiger partial charge >= 0.3 is 0 Å². The van der Waals surface area contributed by atoms with Gasteiger partial charge in [-0.25, -0.2) is 0 Å². The highest BCUT2D eigenvalue weighted by atomic mass is 32.2. The molecule has 4 rings (SSSR count). The van der Waals surface area contributed by atoms with E-state index in [1.54, 1.807) is 36.7 Å². The van der Waals surface area contributed by atoms with E-state index in [1.165, 1.54) is 5.56 Å². The highest BCUT2D eigenvalue weighted by Crippen LogP contribution is 2.27. The van der Waals surface area contributed by atoms with Crippen LogP contribution in [0.25, 0.3) is 0 Å². The topological polar surface area (TPSA) is 60.5 Å². The number of anilines is 1. The summed E-state index contributed by atoms with van der Waals surface area (Å²) in [6.45, 7) is 1.72. The fourth-order valence-electron chi connectivity index (χ4n) is 3.24. The molecule has 1 amide bonds. The number of pyridine rings is 1. The molecule has 1 aromatic heterocycles. The van der Waals surface area contributed by atoms with Crippen LogP contribution in [0.5, 0.6) is 11.5 Å². The smallest absolute Gasteiger partial charge is 0.255 e. The van der Waals surface area contributed by atoms with Crippen molar-refractivity contribution in [1.82, 2.24) is 4.98 Å². The maximum atomic E-state index is 12.7. The van der Waals surface area contributed by atoms with E-state index < -0.39 is 0 Å². The maximum Gasteiger partial charge on any atom is 0.255 e. The fraction of sp³-hybridized carbons (Fsp3) is 0.250. The molecule has 2 heterocycles. The van der Waals surface area contributed by atoms with Crippen molar-refractivity contribution in [2.75, 3.05) is 18.5 Å². The molecule has 1 N–H and O–H groups in total. The van der Waals surface area contributed by atoms with Gasteiger partial charge in [-0.1, -0.05) is 18.2 Å². The van der Waals surface area contributed by atoms with Gasteiger partial charge in [0.1, 0.15) is 11.5 Å². The second kappa shape index (κ2) is 10.3. The average molecular weight is 421 g/mol. The molecule has 1 fully saturated rings. The summed E-state index contributed by atoms with van der Waals surface area (Å²) in [5.41, 5.74) is 2.55. The van der Waals surface area contributed by atoms with Crippen LogP contribution in [0.2, 0.25) is 0 Å². The van der Waals surface area contributed by atoms with Gasteiger partial charge in [-0.3, -0.25) is 9.78 Å². The van der Waals surface area contributed by atoms with Gasteiger partial charge in [0.15, 0.2) is 0 Å². The zero-order valence-corrected chi connectivity index (χ0v) is 17.4. The lowest BCUT2D eigenvalue weighted by Gasteiger charge is -2.21. The van der Waals surface area contributed by atoms with Gasteiger partial charge in [0.05, 0.1) is 0 Å². The number of hydrogen-bond acceptors (Lipinski definition) is 5. The summed E-state index contributed by atoms with van der Waals surface area (Å²) in [5.74, 6) is 2.06. The average Bonchev–Trinajstić information content (AvgIpc) is 2.79. The number of carbonyl (C=O) groups is 1. The molecule has 1 aliphatic heterocycles. The highest BCUT2D eigenvalue weighted by Gasteiger charge is 2.14. The zero-order valence-electron chi connectivity index (χ0n) is 16.6. The Kier molecular flexibility index (Phi) is 7.00. The van der Waals surface area contributed by atoms with E-state index in [0.717, 1.165) is 37.5 Å². The third-order valence-electron chi connectivity index (χ3n) is 4.82. The van der Waals surface area contributed by atoms with Crippen molar-refractivity contribution in [3.63, 3.8) is 0 Å². The second-order valence-electron chi connectivity index (χ2n) is 7.09. The van der Waals surface area contributed by atoms with Crippen LogP contribution in [0.15, 0.2) is 73.1 Å². The Morgan fingerprint density at radius 2 is 1.83 bits per heavy atom. The van der Waals surface area contributed by atoms with Crippen LogP contribution in [-0.2, 0) is 10.5 Å². The summed E-state index contributed by atoms with van der Waals surface area (Å²) in [5, 5.41) is 3.65. The molecule has 6 heteroatoms. The van der Waals surface area contributed by atoms with E-state index in [2.05, 4.69) is 16.4 Å². The standard InChI is InChI=1S/C24H24N2O3S/c27-24(19-4-2-6-22(16-19)29-21-7-11-25-12-8-21)26-20-5-1-3-18(15-20)17-30-23-9-13-28-14-10-23/h1-8,11-12,15-16,23H,9-10,13-14,17H2,(H,26,27). The van der Waals surface area contributed by atoms with Crippen molar-refractivity contribution in [3.05, 3.63) is 84.2 Å². The van der Waals surface area contributed by atoms with Crippen LogP contribution in [0.3, 0.4) is 0 Å². The summed E-state index contributed by atoms with van der Waals surface area (Å²) < 4.78 is 11.2. The Hall–Kier alpha value is -2.83. The predicted octanol–water partition coefficient (Wildman–Crippen LogP) is 5.54. The Morgan fingerprint density at radius 3 is 2.67 bits per heavy atom. The van der Waals surface area contributed by atoms with Crippen molar-refractivity contribution in [1.29, 1.82) is 0 Å². The minimum absolute atomic E-state index is 0.163. The maximum absolute atomic E-state index is 12.7. The molecule has 30 heavy (non-hydrogen) atoms. The van der Waals surface area contributed by atoms with E-state index in [1.807, 2.05) is 42.1 Å². The van der Waals surface area contributed by atoms with Crippen LogP contribution in [0.4, 0.5) is 5.69 Å². The van der Waals surface area contributed by atoms with Crippen LogP contribution < -0.4 is 10.1 Å². The molecule has 0 bridgehead atoms. The van der Waals surface area contributed by atoms with Gasteiger partial charge in [-0.2, -0.15) is 11.8 Å². The number of rotatable bonds is 7. The minimum atomic E-state index is -0.163. The normalized spacial score (nSPS) is 14.3. The Labute approximate surface area is 180 Å². The lowest BCUT2D eigenvalue weighted by Crippen LogP contribution is -2.17. The molecular weight excluding hydrogens is 396 g/mol. The second-order valence-corrected chi connectivity index (χ2v) is 8.38. The van der Waals surface area contributed by atoms with Crippen LogP contribution in [-0.4, -0.2) is 29.4 Å². The molecule has 0 unspecified atom stereocenters. The molecule has 154 valence electrons. The minimum Gasteiger partial charge on any atom is -0.457 e. The Balaban J connectivity index is 1.37. The molecule has 2 aromatic carbocycles. The summed E-state index contributed by atoms with van der Waals surface area (Å²) >= 11 is 1.96. The largest absolute Gasteiger partial charge is 0.457 e. The van der Waals surface area contributed by atoms with Gasteiger partial charge < -0.3 is 14.8 Å². The van der Waals surface area contributed by atoms with E-state index in [4.69, 9.17) is 9.47 Å². The summed E-state index contributed by atoms with van der Waals surface area (Å²) in [7, 11) is 0. The third kappa shape index (κ3) is 5.84. The first-order valence-corrected chi connectivity index (χ1v) is 11.1. The number of aromatic nitrogens is 1. The van der Waals surface area contributed by atoms with Crippen LogP contribution in [0, 0.1) is 0 Å². The first kappa shape index (κ1) is 20.4. The number of thioether (sulfide) groups is 1. The fourth-order valence-corrected chi connectivity index (χ4v) is 4.38.